The van der Waals surface area contributed by atoms with Crippen LogP contribution in [-0.2, 0) is 43.0 Å². The number of carbonyl (C=O) groups excluding carboxylic acids is 6. The highest BCUT2D eigenvalue weighted by Crippen LogP contribution is 2.25. The Morgan fingerprint density at radius 2 is 0.891 bits per heavy atom. The average molecular weight is 654 g/mol. The third-order valence-electron chi connectivity index (χ3n) is 8.90. The minimum absolute atomic E-state index is 0.431. The topological polar surface area (TPSA) is 149 Å². The van der Waals surface area contributed by atoms with Crippen molar-refractivity contribution in [1.29, 1.82) is 0 Å². The molecule has 0 aromatic heterocycles. The normalized spacial score (nSPS) is 28.1. The number of amides is 3. The van der Waals surface area contributed by atoms with E-state index in [0.717, 1.165) is 0 Å². The summed E-state index contributed by atoms with van der Waals surface area (Å²) in [5.74, 6) is -6.99. The first-order chi connectivity index (χ1) is 21.2. The molecule has 12 heteroatoms. The van der Waals surface area contributed by atoms with E-state index in [2.05, 4.69) is 5.32 Å². The molecule has 0 spiro atoms. The van der Waals surface area contributed by atoms with Crippen LogP contribution in [0.4, 0.5) is 0 Å². The van der Waals surface area contributed by atoms with Crippen LogP contribution < -0.4 is 5.32 Å². The van der Waals surface area contributed by atoms with Gasteiger partial charge >= 0.3 is 17.9 Å². The average Bonchev–Trinajstić information content (AvgIpc) is 2.97. The number of ether oxygens (including phenoxy) is 3. The van der Waals surface area contributed by atoms with E-state index < -0.39 is 108 Å². The fourth-order valence-corrected chi connectivity index (χ4v) is 5.49. The SMILES string of the molecule is CC[C@H](C)[C@H]1OC(=O)[C@H](C(C)C)NC(=O)[C@@H](C(C)C)OC(=O)[C@H](C(C)C)N(C)C(=O)[C@@H]([C@@H](C)CC)OC(=O)[C@H](C(C)C)N(C)C1=O. The fourth-order valence-electron chi connectivity index (χ4n) is 5.49. The molecule has 1 heterocycles. The summed E-state index contributed by atoms with van der Waals surface area (Å²) in [6.45, 7) is 21.0. The maximum atomic E-state index is 14.0. The van der Waals surface area contributed by atoms with Crippen LogP contribution in [0.15, 0.2) is 0 Å². The van der Waals surface area contributed by atoms with Crippen molar-refractivity contribution in [3.05, 3.63) is 0 Å². The number of rotatable bonds is 8. The van der Waals surface area contributed by atoms with E-state index >= 15 is 0 Å². The van der Waals surface area contributed by atoms with Crippen molar-refractivity contribution in [2.75, 3.05) is 14.1 Å². The Labute approximate surface area is 275 Å². The molecule has 12 nitrogen and oxygen atoms in total. The summed E-state index contributed by atoms with van der Waals surface area (Å²) in [7, 11) is 2.89. The van der Waals surface area contributed by atoms with Crippen LogP contribution in [0.25, 0.3) is 0 Å². The van der Waals surface area contributed by atoms with Gasteiger partial charge in [-0.25, -0.2) is 14.4 Å². The standard InChI is InChI=1S/C34H59N3O9/c1-15-21(11)27-30(39)37(14)25(19(7)8)34(43)46-28(22(12)16-2)31(40)36(13)24(18(5)6)33(42)44-26(20(9)10)29(38)35-23(17(3)4)32(41)45-27/h17-28H,15-16H2,1-14H3,(H,35,38)/t21-,22-,23-,24-,25-,26+,27+,28+/m0/s1. The molecule has 264 valence electrons. The number of cyclic esters (lactones) is 3. The van der Waals surface area contributed by atoms with E-state index in [1.807, 2.05) is 13.8 Å². The summed E-state index contributed by atoms with van der Waals surface area (Å²) in [4.78, 5) is 85.2. The van der Waals surface area contributed by atoms with Gasteiger partial charge < -0.3 is 29.3 Å². The minimum Gasteiger partial charge on any atom is -0.450 e. The molecule has 0 aliphatic carbocycles. The Balaban J connectivity index is 3.92. The van der Waals surface area contributed by atoms with Gasteiger partial charge in [0, 0.05) is 25.9 Å². The smallest absolute Gasteiger partial charge is 0.329 e. The summed E-state index contributed by atoms with van der Waals surface area (Å²) in [6, 6.07) is -3.39. The molecule has 0 aromatic carbocycles. The van der Waals surface area contributed by atoms with Crippen molar-refractivity contribution in [2.45, 2.75) is 132 Å². The lowest BCUT2D eigenvalue weighted by molar-refractivity contribution is -0.179. The van der Waals surface area contributed by atoms with Crippen LogP contribution in [0, 0.1) is 35.5 Å². The van der Waals surface area contributed by atoms with Crippen LogP contribution in [-0.4, -0.2) is 96.0 Å². The quantitative estimate of drug-likeness (QED) is 0.306. The van der Waals surface area contributed by atoms with Crippen LogP contribution in [0.1, 0.15) is 95.9 Å². The van der Waals surface area contributed by atoms with E-state index in [9.17, 15) is 28.8 Å². The van der Waals surface area contributed by atoms with Crippen molar-refractivity contribution < 1.29 is 43.0 Å². The van der Waals surface area contributed by atoms with Crippen LogP contribution in [0.3, 0.4) is 0 Å². The first-order valence-electron chi connectivity index (χ1n) is 16.7. The molecule has 1 aliphatic heterocycles. The van der Waals surface area contributed by atoms with Gasteiger partial charge in [0.25, 0.3) is 17.7 Å². The zero-order valence-electron chi connectivity index (χ0n) is 30.4. The molecule has 8 atom stereocenters. The fraction of sp³-hybridized carbons (Fsp3) is 0.824. The van der Waals surface area contributed by atoms with Crippen molar-refractivity contribution >= 4 is 35.6 Å². The molecule has 0 radical (unpaired) electrons. The molecule has 0 saturated carbocycles. The molecule has 1 N–H and O–H groups in total. The number of likely N-dealkylation sites (N-methyl/N-ethyl adjacent to an activating group) is 2. The third kappa shape index (κ3) is 9.91. The Morgan fingerprint density at radius 1 is 0.543 bits per heavy atom. The maximum Gasteiger partial charge on any atom is 0.329 e. The maximum absolute atomic E-state index is 14.0. The summed E-state index contributed by atoms with van der Waals surface area (Å²) in [5.41, 5.74) is 0. The number of nitrogens with one attached hydrogen (secondary N) is 1. The monoisotopic (exact) mass is 653 g/mol. The molecule has 0 unspecified atom stereocenters. The highest BCUT2D eigenvalue weighted by atomic mass is 16.6. The largest absolute Gasteiger partial charge is 0.450 e. The summed E-state index contributed by atoms with van der Waals surface area (Å²) in [5, 5.41) is 2.68. The number of hydrogen-bond donors (Lipinski definition) is 1. The first kappa shape index (κ1) is 40.8. The van der Waals surface area contributed by atoms with Crippen molar-refractivity contribution in [1.82, 2.24) is 15.1 Å². The molecule has 3 amide bonds. The molecule has 1 rings (SSSR count). The Bertz CT molecular complexity index is 1090. The predicted molar refractivity (Wildman–Crippen MR) is 173 cm³/mol. The van der Waals surface area contributed by atoms with Gasteiger partial charge in [-0.2, -0.15) is 0 Å². The van der Waals surface area contributed by atoms with Crippen LogP contribution >= 0.6 is 0 Å². The highest BCUT2D eigenvalue weighted by molar-refractivity contribution is 5.94. The van der Waals surface area contributed by atoms with Gasteiger partial charge in [0.05, 0.1) is 0 Å². The highest BCUT2D eigenvalue weighted by Gasteiger charge is 2.44. The van der Waals surface area contributed by atoms with Crippen LogP contribution in [0.2, 0.25) is 0 Å². The lowest BCUT2D eigenvalue weighted by atomic mass is 9.96. The van der Waals surface area contributed by atoms with Gasteiger partial charge in [-0.05, 0) is 36.5 Å². The van der Waals surface area contributed by atoms with Gasteiger partial charge in [0.15, 0.2) is 18.3 Å². The van der Waals surface area contributed by atoms with E-state index in [1.54, 1.807) is 69.2 Å². The predicted octanol–water partition coefficient (Wildman–Crippen LogP) is 3.59. The minimum atomic E-state index is -1.29. The van der Waals surface area contributed by atoms with Gasteiger partial charge in [-0.1, -0.05) is 83.1 Å². The molecule has 1 saturated heterocycles. The molecule has 46 heavy (non-hydrogen) atoms. The van der Waals surface area contributed by atoms with Crippen LogP contribution in [0.5, 0.6) is 0 Å². The molecule has 0 aromatic rings. The zero-order chi connectivity index (χ0) is 35.8. The number of carbonyl (C=O) groups is 6. The Morgan fingerprint density at radius 3 is 1.20 bits per heavy atom. The van der Waals surface area contributed by atoms with Gasteiger partial charge in [0.1, 0.15) is 18.1 Å². The van der Waals surface area contributed by atoms with Gasteiger partial charge in [-0.15, -0.1) is 0 Å². The third-order valence-corrected chi connectivity index (χ3v) is 8.90. The zero-order valence-corrected chi connectivity index (χ0v) is 30.4. The first-order valence-corrected chi connectivity index (χ1v) is 16.7. The molecular weight excluding hydrogens is 594 g/mol. The van der Waals surface area contributed by atoms with E-state index in [-0.39, 0.29) is 0 Å². The van der Waals surface area contributed by atoms with Crippen molar-refractivity contribution in [2.24, 2.45) is 35.5 Å². The summed E-state index contributed by atoms with van der Waals surface area (Å²) < 4.78 is 17.5. The molecule has 1 fully saturated rings. The molecule has 1 aliphatic rings. The second kappa shape index (κ2) is 17.7. The van der Waals surface area contributed by atoms with Gasteiger partial charge in [0.2, 0.25) is 0 Å². The lowest BCUT2D eigenvalue weighted by Gasteiger charge is -2.37. The van der Waals surface area contributed by atoms with Crippen molar-refractivity contribution in [3.63, 3.8) is 0 Å². The van der Waals surface area contributed by atoms with E-state index in [4.69, 9.17) is 14.2 Å². The number of esters is 3. The number of nitrogens with zero attached hydrogens (tertiary/aromatic N) is 2. The Kier molecular flexibility index (Phi) is 15.7. The lowest BCUT2D eigenvalue weighted by Crippen LogP contribution is -2.57. The number of hydrogen-bond acceptors (Lipinski definition) is 9. The molecule has 0 bridgehead atoms. The van der Waals surface area contributed by atoms with Crippen molar-refractivity contribution in [3.8, 4) is 0 Å². The van der Waals surface area contributed by atoms with E-state index in [1.165, 1.54) is 23.9 Å². The Hall–Kier alpha value is -3.18. The summed E-state index contributed by atoms with van der Waals surface area (Å²) in [6.07, 6.45) is -2.87. The second-order valence-electron chi connectivity index (χ2n) is 14.1. The second-order valence-corrected chi connectivity index (χ2v) is 14.1. The molecular formula is C34H59N3O9. The van der Waals surface area contributed by atoms with Gasteiger partial charge in [-0.3, -0.25) is 14.4 Å². The summed E-state index contributed by atoms with van der Waals surface area (Å²) >= 11 is 0. The van der Waals surface area contributed by atoms with E-state index in [0.29, 0.717) is 12.8 Å².